The molecular formula is C47H56ClF4N14O19PS5. The molecule has 0 spiro atoms. The van der Waals surface area contributed by atoms with E-state index in [1.54, 1.807) is 18.8 Å². The zero-order valence-corrected chi connectivity index (χ0v) is 53.9. The Balaban J connectivity index is 0.000000271. The monoisotopic (exact) mass is 1420 g/mol. The molecule has 0 aliphatic carbocycles. The van der Waals surface area contributed by atoms with E-state index in [0.29, 0.717) is 22.8 Å². The van der Waals surface area contributed by atoms with E-state index < -0.39 is 114 Å². The molecule has 6 aromatic rings. The van der Waals surface area contributed by atoms with Gasteiger partial charge in [-0.1, -0.05) is 36.7 Å². The third-order valence-electron chi connectivity index (χ3n) is 10.8. The number of hydrogen-bond acceptors (Lipinski definition) is 26. The number of aliphatic carboxylic acids is 1. The van der Waals surface area contributed by atoms with Crippen molar-refractivity contribution in [2.45, 2.75) is 78.5 Å². The predicted octanol–water partition coefficient (Wildman–Crippen LogP) is 3.98. The maximum atomic E-state index is 14.3. The number of ether oxygens (including phenoxy) is 4. The quantitative estimate of drug-likeness (QED) is 0.0219. The number of carbonyl (C=O) groups excluding carboxylic acids is 3. The van der Waals surface area contributed by atoms with Gasteiger partial charge in [-0.3, -0.25) is 39.6 Å². The Morgan fingerprint density at radius 1 is 0.824 bits per heavy atom. The van der Waals surface area contributed by atoms with Gasteiger partial charge in [0.1, 0.15) is 22.2 Å². The van der Waals surface area contributed by atoms with Crippen molar-refractivity contribution in [1.82, 2.24) is 54.0 Å². The number of sulfonamides is 2. The Bertz CT molecular complexity index is 4110. The molecule has 498 valence electrons. The molecule has 0 fully saturated rings. The highest BCUT2D eigenvalue weighted by Gasteiger charge is 2.31. The van der Waals surface area contributed by atoms with E-state index in [-0.39, 0.29) is 68.1 Å². The van der Waals surface area contributed by atoms with Gasteiger partial charge in [-0.25, -0.2) is 54.9 Å². The molecule has 0 unspecified atom stereocenters. The molecule has 4 aromatic heterocycles. The number of pyridine rings is 1. The second-order valence-electron chi connectivity index (χ2n) is 17.5. The largest absolute Gasteiger partial charge is 0.481 e. The number of carboxylic acid groups (broad SMARTS) is 1. The van der Waals surface area contributed by atoms with Gasteiger partial charge >= 0.3 is 48.7 Å². The van der Waals surface area contributed by atoms with Crippen LogP contribution in [0.5, 0.6) is 17.8 Å². The van der Waals surface area contributed by atoms with Crippen LogP contribution in [0.3, 0.4) is 0 Å². The molecule has 2 aromatic carbocycles. The molecule has 0 atom stereocenters. The number of methoxy groups -OCH3 is 4. The summed E-state index contributed by atoms with van der Waals surface area (Å²) in [5, 5.41) is 13.7. The van der Waals surface area contributed by atoms with E-state index in [9.17, 15) is 71.4 Å². The number of rotatable bonds is 21. The van der Waals surface area contributed by atoms with Crippen molar-refractivity contribution >= 4 is 114 Å². The Kier molecular flexibility index (Phi) is 28.1. The number of thioether (sulfide) groups is 1. The van der Waals surface area contributed by atoms with E-state index in [2.05, 4.69) is 55.6 Å². The number of nitrogens with zero attached hydrogens (tertiary/aromatic N) is 9. The fourth-order valence-electron chi connectivity index (χ4n) is 6.83. The van der Waals surface area contributed by atoms with E-state index >= 15 is 0 Å². The van der Waals surface area contributed by atoms with Gasteiger partial charge in [0.15, 0.2) is 14.9 Å². The fraction of sp³-hybridized carbons (Fsp3) is 0.362. The van der Waals surface area contributed by atoms with Crippen molar-refractivity contribution < 1.29 is 100 Å². The Labute approximate surface area is 527 Å². The standard InChI is InChI=1S/C15H15ClFN3O3S2.C15H16F3N5O4S.C14H17N5O7S2.C3H8NO5P/c1-23-13(21)8-24-12-7-11(10(17)6-9(12)16)18-14-19-4-2-3-5-20(19)15(22)25-14;1-9-19-12(22-14(20-9)27-2)21-13(24)23-28(25,26)11-6-4-3-5-10(11)7-8-15(16,17)18;1-4-27(21,22)9-6-5-7-15-12(9)28(23,24)19-14(20)18-13-16-10(25-2)8-11(17-13)26-3;5-3(6)1-4-2-10(7,8)9/h6-7H,2-5,8H2,1H3;3-6H,7-8H2,1-2H3,(H2,19,20,21,22,23,24);5-8H,4H2,1-3H3,(H2,16,17,18,19,20);4H,1-2H2,(H,5,6)(H2,7,8,9). The number of sulfone groups is 1. The SMILES string of the molecule is CCS(=O)(=O)c1cccnc1S(=O)(=O)NC(=O)Nc1nc(OC)cc(OC)n1.COC(=O)CSc1cc(N=c2sc(=O)n3n2CCCC3)c(F)cc1Cl.COc1nc(C)nc(NC(=O)NS(=O)(=O)c2ccccc2CCC(F)(F)F)n1.O=C(O)CNCP(=O)(O)O. The lowest BCUT2D eigenvalue weighted by Gasteiger charge is -2.15. The summed E-state index contributed by atoms with van der Waals surface area (Å²) in [4.78, 5) is 100. The van der Waals surface area contributed by atoms with Crippen molar-refractivity contribution in [1.29, 1.82) is 0 Å². The van der Waals surface area contributed by atoms with Gasteiger partial charge in [0.2, 0.25) is 28.5 Å². The van der Waals surface area contributed by atoms with Crippen LogP contribution in [-0.4, -0.2) is 162 Å². The number of esters is 1. The molecule has 0 radical (unpaired) electrons. The second kappa shape index (κ2) is 33.9. The Hall–Kier alpha value is -7.96. The molecule has 44 heteroatoms. The van der Waals surface area contributed by atoms with Gasteiger partial charge in [-0.2, -0.15) is 46.5 Å². The molecule has 8 N–H and O–H groups in total. The lowest BCUT2D eigenvalue weighted by molar-refractivity contribution is -0.137. The number of aromatic nitrogens is 8. The topological polar surface area (TPSA) is 462 Å². The third-order valence-corrected chi connectivity index (χ3v) is 18.4. The summed E-state index contributed by atoms with van der Waals surface area (Å²) in [6.45, 7) is 3.74. The molecule has 0 bridgehead atoms. The van der Waals surface area contributed by atoms with Crippen molar-refractivity contribution in [3.05, 3.63) is 97.5 Å². The van der Waals surface area contributed by atoms with Crippen LogP contribution >= 0.6 is 42.3 Å². The molecule has 4 amide bonds. The van der Waals surface area contributed by atoms with E-state index in [4.69, 9.17) is 40.7 Å². The summed E-state index contributed by atoms with van der Waals surface area (Å²) in [5.41, 5.74) is 0.0114. The number of anilines is 2. The Morgan fingerprint density at radius 2 is 1.42 bits per heavy atom. The molecule has 91 heavy (non-hydrogen) atoms. The van der Waals surface area contributed by atoms with E-state index in [1.807, 2.05) is 0 Å². The number of hydrogen-bond donors (Lipinski definition) is 8. The van der Waals surface area contributed by atoms with Crippen LogP contribution in [-0.2, 0) is 68.3 Å². The average molecular weight is 1420 g/mol. The van der Waals surface area contributed by atoms with Crippen LogP contribution in [0.2, 0.25) is 5.02 Å². The van der Waals surface area contributed by atoms with Crippen LogP contribution in [0.4, 0.5) is 44.7 Å². The number of benzene rings is 2. The van der Waals surface area contributed by atoms with Gasteiger partial charge in [0.25, 0.3) is 20.0 Å². The zero-order valence-electron chi connectivity index (χ0n) is 48.1. The second-order valence-corrected chi connectivity index (χ2v) is 27.0. The van der Waals surface area contributed by atoms with Crippen LogP contribution in [0, 0.1) is 12.7 Å². The first-order chi connectivity index (χ1) is 42.5. The van der Waals surface area contributed by atoms with Crippen LogP contribution in [0.25, 0.3) is 0 Å². The van der Waals surface area contributed by atoms with Gasteiger partial charge in [0, 0.05) is 30.6 Å². The van der Waals surface area contributed by atoms with Crippen LogP contribution in [0.15, 0.2) is 90.3 Å². The molecule has 5 heterocycles. The van der Waals surface area contributed by atoms with E-state index in [0.717, 1.165) is 60.3 Å². The maximum Gasteiger partial charge on any atom is 0.389 e. The fourth-order valence-corrected chi connectivity index (χ4v) is 13.0. The van der Waals surface area contributed by atoms with Crippen LogP contribution in [0.1, 0.15) is 37.6 Å². The number of urea groups is 2. The van der Waals surface area contributed by atoms with Gasteiger partial charge in [-0.05, 0) is 73.4 Å². The number of carboxylic acids is 1. The minimum Gasteiger partial charge on any atom is -0.481 e. The minimum atomic E-state index is -4.61. The smallest absolute Gasteiger partial charge is 0.389 e. The highest BCUT2D eigenvalue weighted by Crippen LogP contribution is 2.34. The molecule has 0 saturated heterocycles. The summed E-state index contributed by atoms with van der Waals surface area (Å²) in [6, 6.07) is 8.93. The number of fused-ring (bicyclic) bond motifs is 1. The molecule has 7 rings (SSSR count). The third kappa shape index (κ3) is 24.6. The predicted molar refractivity (Wildman–Crippen MR) is 315 cm³/mol. The lowest BCUT2D eigenvalue weighted by atomic mass is 10.1. The highest BCUT2D eigenvalue weighted by atomic mass is 35.5. The lowest BCUT2D eigenvalue weighted by Crippen LogP contribution is -2.36. The molecule has 0 saturated carbocycles. The van der Waals surface area contributed by atoms with Crippen molar-refractivity contribution in [3.8, 4) is 17.8 Å². The first kappa shape index (κ1) is 75.5. The normalized spacial score (nSPS) is 12.4. The van der Waals surface area contributed by atoms with Gasteiger partial charge in [0.05, 0.1) is 68.8 Å². The minimum absolute atomic E-state index is 0.0605. The zero-order chi connectivity index (χ0) is 68.1. The summed E-state index contributed by atoms with van der Waals surface area (Å²) < 4.78 is 162. The number of aryl methyl sites for hydroxylation is 2. The number of amides is 4. The summed E-state index contributed by atoms with van der Waals surface area (Å²) >= 11 is 8.17. The van der Waals surface area contributed by atoms with Gasteiger partial charge < -0.3 is 33.8 Å². The number of carbonyl (C=O) groups is 4. The molecule has 33 nitrogen and oxygen atoms in total. The number of halogens is 5. The first-order valence-corrected chi connectivity index (χ1v) is 33.9. The maximum absolute atomic E-state index is 14.3. The summed E-state index contributed by atoms with van der Waals surface area (Å²) in [6.07, 6.45) is -3.80. The van der Waals surface area contributed by atoms with Crippen molar-refractivity contribution in [3.63, 3.8) is 0 Å². The highest BCUT2D eigenvalue weighted by molar-refractivity contribution is 8.00. The number of nitrogens with one attached hydrogen (secondary N) is 5. The van der Waals surface area contributed by atoms with Crippen LogP contribution < -0.4 is 49.3 Å². The molecule has 1 aliphatic rings. The first-order valence-electron chi connectivity index (χ1n) is 25.3. The average Bonchev–Trinajstić information content (AvgIpc) is 1.87. The van der Waals surface area contributed by atoms with E-state index in [1.165, 1.54) is 78.7 Å². The van der Waals surface area contributed by atoms with Gasteiger partial charge in [-0.15, -0.1) is 11.8 Å². The van der Waals surface area contributed by atoms with Crippen molar-refractivity contribution in [2.75, 3.05) is 63.4 Å². The molecular weight excluding hydrogens is 1370 g/mol. The Morgan fingerprint density at radius 3 is 1.99 bits per heavy atom. The van der Waals surface area contributed by atoms with Crippen molar-refractivity contribution in [2.24, 2.45) is 4.99 Å². The number of alkyl halides is 3. The summed E-state index contributed by atoms with van der Waals surface area (Å²) in [5.74, 6) is -2.64. The summed E-state index contributed by atoms with van der Waals surface area (Å²) in [7, 11) is -11.8. The molecule has 1 aliphatic heterocycles.